The van der Waals surface area contributed by atoms with Crippen LogP contribution in [0.1, 0.15) is 36.5 Å². The topological polar surface area (TPSA) is 50.8 Å². The molecule has 5 nitrogen and oxygen atoms in total. The van der Waals surface area contributed by atoms with Crippen LogP contribution in [0.4, 0.5) is 0 Å². The van der Waals surface area contributed by atoms with Crippen LogP contribution in [0.15, 0.2) is 18.2 Å². The van der Waals surface area contributed by atoms with Gasteiger partial charge in [-0.2, -0.15) is 0 Å². The zero-order chi connectivity index (χ0) is 14.4. The van der Waals surface area contributed by atoms with Crippen LogP contribution in [0.3, 0.4) is 0 Å². The van der Waals surface area contributed by atoms with Gasteiger partial charge < -0.3 is 9.47 Å². The van der Waals surface area contributed by atoms with Crippen LogP contribution < -0.4 is 14.9 Å². The van der Waals surface area contributed by atoms with E-state index in [1.165, 1.54) is 6.42 Å². The summed E-state index contributed by atoms with van der Waals surface area (Å²) in [6.07, 6.45) is 3.50. The number of hydrazine groups is 1. The largest absolute Gasteiger partial charge is 0.493 e. The molecule has 2 rings (SSSR count). The quantitative estimate of drug-likeness (QED) is 0.897. The molecule has 110 valence electrons. The summed E-state index contributed by atoms with van der Waals surface area (Å²) in [5.74, 6) is 1.14. The molecule has 0 unspecified atom stereocenters. The summed E-state index contributed by atoms with van der Waals surface area (Å²) in [6.45, 7) is 4.31. The standard InChI is InChI=1S/C15H22N2O3/c1-3-20-13-8-7-12(11-14(13)19-2)15(18)16-17-9-5-4-6-10-17/h7-8,11H,3-6,9-10H2,1-2H3,(H,16,18). The summed E-state index contributed by atoms with van der Waals surface area (Å²) in [7, 11) is 1.57. The van der Waals surface area contributed by atoms with Crippen LogP contribution in [0.2, 0.25) is 0 Å². The van der Waals surface area contributed by atoms with Crippen molar-refractivity contribution in [2.24, 2.45) is 0 Å². The highest BCUT2D eigenvalue weighted by Crippen LogP contribution is 2.28. The Morgan fingerprint density at radius 1 is 1.25 bits per heavy atom. The first-order chi connectivity index (χ1) is 9.74. The molecule has 0 atom stereocenters. The summed E-state index contributed by atoms with van der Waals surface area (Å²) in [5.41, 5.74) is 3.52. The number of carbonyl (C=O) groups excluding carboxylic acids is 1. The number of ether oxygens (including phenoxy) is 2. The Labute approximate surface area is 119 Å². The summed E-state index contributed by atoms with van der Waals surface area (Å²) < 4.78 is 10.7. The molecule has 0 bridgehead atoms. The number of nitrogens with one attached hydrogen (secondary N) is 1. The Kier molecular flexibility index (Phi) is 5.24. The van der Waals surface area contributed by atoms with Gasteiger partial charge >= 0.3 is 0 Å². The minimum Gasteiger partial charge on any atom is -0.493 e. The zero-order valence-corrected chi connectivity index (χ0v) is 12.1. The Morgan fingerprint density at radius 3 is 2.65 bits per heavy atom. The van der Waals surface area contributed by atoms with E-state index in [1.807, 2.05) is 11.9 Å². The lowest BCUT2D eigenvalue weighted by atomic mass is 10.1. The summed E-state index contributed by atoms with van der Waals surface area (Å²) in [6, 6.07) is 5.24. The highest BCUT2D eigenvalue weighted by Gasteiger charge is 2.15. The summed E-state index contributed by atoms with van der Waals surface area (Å²) >= 11 is 0. The number of amides is 1. The van der Waals surface area contributed by atoms with Crippen molar-refractivity contribution in [2.45, 2.75) is 26.2 Å². The maximum Gasteiger partial charge on any atom is 0.265 e. The maximum atomic E-state index is 12.2. The van der Waals surface area contributed by atoms with Crippen LogP contribution in [-0.4, -0.2) is 37.7 Å². The highest BCUT2D eigenvalue weighted by atomic mass is 16.5. The molecular formula is C15H22N2O3. The summed E-state index contributed by atoms with van der Waals surface area (Å²) in [4.78, 5) is 12.2. The predicted octanol–water partition coefficient (Wildman–Crippen LogP) is 2.22. The van der Waals surface area contributed by atoms with E-state index in [2.05, 4.69) is 5.43 Å². The van der Waals surface area contributed by atoms with E-state index in [9.17, 15) is 4.79 Å². The van der Waals surface area contributed by atoms with Crippen LogP contribution in [-0.2, 0) is 0 Å². The lowest BCUT2D eigenvalue weighted by molar-refractivity contribution is 0.0749. The molecule has 1 N–H and O–H groups in total. The third-order valence-electron chi connectivity index (χ3n) is 3.34. The summed E-state index contributed by atoms with van der Waals surface area (Å²) in [5, 5.41) is 1.98. The van der Waals surface area contributed by atoms with E-state index < -0.39 is 0 Å². The number of carbonyl (C=O) groups is 1. The minimum atomic E-state index is -0.103. The van der Waals surface area contributed by atoms with Crippen molar-refractivity contribution < 1.29 is 14.3 Å². The van der Waals surface area contributed by atoms with Gasteiger partial charge in [0.1, 0.15) is 0 Å². The molecule has 1 aliphatic heterocycles. The van der Waals surface area contributed by atoms with E-state index in [-0.39, 0.29) is 5.91 Å². The second-order valence-electron chi connectivity index (χ2n) is 4.79. The zero-order valence-electron chi connectivity index (χ0n) is 12.1. The fourth-order valence-corrected chi connectivity index (χ4v) is 2.30. The fourth-order valence-electron chi connectivity index (χ4n) is 2.30. The van der Waals surface area contributed by atoms with Gasteiger partial charge in [0.15, 0.2) is 11.5 Å². The van der Waals surface area contributed by atoms with E-state index >= 15 is 0 Å². The van der Waals surface area contributed by atoms with Crippen LogP contribution in [0.5, 0.6) is 11.5 Å². The van der Waals surface area contributed by atoms with Crippen molar-refractivity contribution in [3.8, 4) is 11.5 Å². The predicted molar refractivity (Wildman–Crippen MR) is 77.1 cm³/mol. The fraction of sp³-hybridized carbons (Fsp3) is 0.533. The molecule has 5 heteroatoms. The molecule has 1 heterocycles. The van der Waals surface area contributed by atoms with Crippen LogP contribution >= 0.6 is 0 Å². The van der Waals surface area contributed by atoms with Gasteiger partial charge in [-0.05, 0) is 38.0 Å². The highest BCUT2D eigenvalue weighted by molar-refractivity contribution is 5.94. The van der Waals surface area contributed by atoms with Gasteiger partial charge in [-0.1, -0.05) is 6.42 Å². The van der Waals surface area contributed by atoms with Crippen molar-refractivity contribution in [3.63, 3.8) is 0 Å². The molecule has 0 radical (unpaired) electrons. The van der Waals surface area contributed by atoms with Crippen molar-refractivity contribution >= 4 is 5.91 Å². The van der Waals surface area contributed by atoms with Crippen molar-refractivity contribution in [2.75, 3.05) is 26.8 Å². The second kappa shape index (κ2) is 7.14. The molecule has 1 fully saturated rings. The normalized spacial score (nSPS) is 15.7. The first-order valence-electron chi connectivity index (χ1n) is 7.11. The van der Waals surface area contributed by atoms with Crippen molar-refractivity contribution in [1.29, 1.82) is 0 Å². The third kappa shape index (κ3) is 3.63. The van der Waals surface area contributed by atoms with Gasteiger partial charge in [0.05, 0.1) is 13.7 Å². The van der Waals surface area contributed by atoms with Gasteiger partial charge in [0, 0.05) is 18.7 Å². The molecule has 20 heavy (non-hydrogen) atoms. The number of hydrogen-bond acceptors (Lipinski definition) is 4. The first kappa shape index (κ1) is 14.7. The number of methoxy groups -OCH3 is 1. The van der Waals surface area contributed by atoms with Crippen molar-refractivity contribution in [1.82, 2.24) is 10.4 Å². The number of benzene rings is 1. The monoisotopic (exact) mass is 278 g/mol. The maximum absolute atomic E-state index is 12.2. The van der Waals surface area contributed by atoms with Gasteiger partial charge in [-0.25, -0.2) is 5.01 Å². The molecular weight excluding hydrogens is 256 g/mol. The molecule has 0 spiro atoms. The van der Waals surface area contributed by atoms with E-state index in [1.54, 1.807) is 25.3 Å². The lowest BCUT2D eigenvalue weighted by Gasteiger charge is -2.26. The Bertz CT molecular complexity index is 456. The van der Waals surface area contributed by atoms with Crippen LogP contribution in [0.25, 0.3) is 0 Å². The smallest absolute Gasteiger partial charge is 0.265 e. The second-order valence-corrected chi connectivity index (χ2v) is 4.79. The number of nitrogens with zero attached hydrogens (tertiary/aromatic N) is 1. The van der Waals surface area contributed by atoms with Crippen molar-refractivity contribution in [3.05, 3.63) is 23.8 Å². The average Bonchev–Trinajstić information content (AvgIpc) is 2.49. The molecule has 1 saturated heterocycles. The first-order valence-corrected chi connectivity index (χ1v) is 7.11. The Hall–Kier alpha value is -1.75. The molecule has 0 aromatic heterocycles. The van der Waals surface area contributed by atoms with Gasteiger partial charge in [0.25, 0.3) is 5.91 Å². The SMILES string of the molecule is CCOc1ccc(C(=O)NN2CCCCC2)cc1OC. The Balaban J connectivity index is 2.05. The van der Waals surface area contributed by atoms with Crippen LogP contribution in [0, 0.1) is 0 Å². The minimum absolute atomic E-state index is 0.103. The molecule has 1 aromatic rings. The van der Waals surface area contributed by atoms with Gasteiger partial charge in [-0.3, -0.25) is 10.2 Å². The van der Waals surface area contributed by atoms with E-state index in [0.717, 1.165) is 25.9 Å². The third-order valence-corrected chi connectivity index (χ3v) is 3.34. The number of rotatable bonds is 5. The molecule has 1 aliphatic rings. The molecule has 1 amide bonds. The van der Waals surface area contributed by atoms with Gasteiger partial charge in [0.2, 0.25) is 0 Å². The lowest BCUT2D eigenvalue weighted by Crippen LogP contribution is -2.45. The van der Waals surface area contributed by atoms with E-state index in [4.69, 9.17) is 9.47 Å². The molecule has 0 saturated carbocycles. The average molecular weight is 278 g/mol. The van der Waals surface area contributed by atoms with Gasteiger partial charge in [-0.15, -0.1) is 0 Å². The molecule has 0 aliphatic carbocycles. The van der Waals surface area contributed by atoms with E-state index in [0.29, 0.717) is 23.7 Å². The molecule has 1 aromatic carbocycles. The number of piperidine rings is 1. The number of hydrogen-bond donors (Lipinski definition) is 1. The Morgan fingerprint density at radius 2 is 2.00 bits per heavy atom.